The zero-order chi connectivity index (χ0) is 18.2. The van der Waals surface area contributed by atoms with Crippen LogP contribution in [0.4, 0.5) is 4.79 Å². The summed E-state index contributed by atoms with van der Waals surface area (Å²) in [5.74, 6) is 0.530. The molecule has 25 heavy (non-hydrogen) atoms. The molecule has 2 N–H and O–H groups in total. The van der Waals surface area contributed by atoms with Gasteiger partial charge in [0.15, 0.2) is 0 Å². The molecule has 0 radical (unpaired) electrons. The molecule has 1 atom stereocenters. The molecule has 1 unspecified atom stereocenters. The van der Waals surface area contributed by atoms with Gasteiger partial charge in [0.1, 0.15) is 5.75 Å². The number of rotatable bonds is 9. The fourth-order valence-corrected chi connectivity index (χ4v) is 2.67. The summed E-state index contributed by atoms with van der Waals surface area (Å²) in [7, 11) is 1.64. The highest BCUT2D eigenvalue weighted by Gasteiger charge is 2.27. The van der Waals surface area contributed by atoms with Crippen LogP contribution in [0.5, 0.6) is 5.75 Å². The molecular formula is C18H25N3O4. The molecule has 1 aliphatic rings. The van der Waals surface area contributed by atoms with Gasteiger partial charge in [0.2, 0.25) is 11.8 Å². The molecule has 0 aliphatic carbocycles. The third-order valence-electron chi connectivity index (χ3n) is 4.16. The van der Waals surface area contributed by atoms with Crippen LogP contribution in [-0.2, 0) is 16.0 Å². The van der Waals surface area contributed by atoms with Crippen LogP contribution in [0.25, 0.3) is 0 Å². The smallest absolute Gasteiger partial charge is 0.324 e. The van der Waals surface area contributed by atoms with E-state index in [0.717, 1.165) is 23.5 Å². The summed E-state index contributed by atoms with van der Waals surface area (Å²) in [5, 5.41) is 5.41. The zero-order valence-corrected chi connectivity index (χ0v) is 14.7. The molecule has 1 aromatic rings. The van der Waals surface area contributed by atoms with Crippen molar-refractivity contribution in [2.75, 3.05) is 20.2 Å². The molecule has 136 valence electrons. The molecule has 0 spiro atoms. The quantitative estimate of drug-likeness (QED) is 0.662. The van der Waals surface area contributed by atoms with Crippen molar-refractivity contribution in [3.63, 3.8) is 0 Å². The third kappa shape index (κ3) is 5.77. The van der Waals surface area contributed by atoms with Crippen LogP contribution in [-0.4, -0.2) is 49.0 Å². The number of carbonyl (C=O) groups excluding carboxylic acids is 3. The monoisotopic (exact) mass is 347 g/mol. The van der Waals surface area contributed by atoms with Crippen molar-refractivity contribution in [3.05, 3.63) is 29.8 Å². The van der Waals surface area contributed by atoms with E-state index in [-0.39, 0.29) is 37.0 Å². The molecule has 0 saturated carbocycles. The van der Waals surface area contributed by atoms with Crippen molar-refractivity contribution >= 4 is 17.8 Å². The van der Waals surface area contributed by atoms with Gasteiger partial charge in [-0.25, -0.2) is 4.79 Å². The number of urea groups is 1. The van der Waals surface area contributed by atoms with E-state index < -0.39 is 0 Å². The largest absolute Gasteiger partial charge is 0.497 e. The summed E-state index contributed by atoms with van der Waals surface area (Å²) in [4.78, 5) is 35.9. The predicted molar refractivity (Wildman–Crippen MR) is 93.3 cm³/mol. The summed E-state index contributed by atoms with van der Waals surface area (Å²) in [6, 6.07) is 7.57. The summed E-state index contributed by atoms with van der Waals surface area (Å²) in [5.41, 5.74) is 1.19. The van der Waals surface area contributed by atoms with Crippen molar-refractivity contribution in [2.24, 2.45) is 0 Å². The van der Waals surface area contributed by atoms with Crippen LogP contribution in [0.2, 0.25) is 0 Å². The second-order valence-electron chi connectivity index (χ2n) is 6.16. The number of methoxy groups -OCH3 is 1. The van der Waals surface area contributed by atoms with Crippen LogP contribution in [0, 0.1) is 0 Å². The van der Waals surface area contributed by atoms with Gasteiger partial charge in [0.05, 0.1) is 13.7 Å². The number of hydrogen-bond acceptors (Lipinski definition) is 4. The minimum absolute atomic E-state index is 0.0490. The van der Waals surface area contributed by atoms with Gasteiger partial charge in [-0.15, -0.1) is 0 Å². The number of ether oxygens (including phenoxy) is 1. The molecule has 7 nitrogen and oxygen atoms in total. The molecule has 1 saturated heterocycles. The van der Waals surface area contributed by atoms with Gasteiger partial charge in [0, 0.05) is 19.0 Å². The van der Waals surface area contributed by atoms with Crippen molar-refractivity contribution in [1.29, 1.82) is 0 Å². The number of nitrogens with zero attached hydrogens (tertiary/aromatic N) is 1. The second kappa shape index (κ2) is 9.05. The maximum atomic E-state index is 12.0. The normalized spacial score (nSPS) is 15.0. The van der Waals surface area contributed by atoms with Crippen molar-refractivity contribution in [1.82, 2.24) is 15.5 Å². The van der Waals surface area contributed by atoms with Crippen LogP contribution in [0.1, 0.15) is 31.7 Å². The number of nitrogens with one attached hydrogen (secondary N) is 2. The molecule has 1 aromatic carbocycles. The number of carbonyl (C=O) groups is 3. The van der Waals surface area contributed by atoms with Gasteiger partial charge in [0.25, 0.3) is 0 Å². The van der Waals surface area contributed by atoms with Crippen LogP contribution < -0.4 is 15.4 Å². The fraction of sp³-hybridized carbons (Fsp3) is 0.500. The molecular weight excluding hydrogens is 322 g/mol. The van der Waals surface area contributed by atoms with E-state index >= 15 is 0 Å². The van der Waals surface area contributed by atoms with Crippen LogP contribution in [0.3, 0.4) is 0 Å². The lowest BCUT2D eigenvalue weighted by Crippen LogP contribution is -2.35. The molecule has 1 aliphatic heterocycles. The first-order chi connectivity index (χ1) is 12.0. The Morgan fingerprint density at radius 2 is 2.04 bits per heavy atom. The Morgan fingerprint density at radius 3 is 2.64 bits per heavy atom. The Bertz CT molecular complexity index is 599. The summed E-state index contributed by atoms with van der Waals surface area (Å²) >= 11 is 0. The van der Waals surface area contributed by atoms with Crippen LogP contribution >= 0.6 is 0 Å². The SMILES string of the molecule is COc1ccc(CCC(C)NC(=O)CCCN2C(=O)CNC2=O)cc1. The van der Waals surface area contributed by atoms with E-state index in [4.69, 9.17) is 4.74 Å². The molecule has 4 amide bonds. The summed E-state index contributed by atoms with van der Waals surface area (Å²) in [6.45, 7) is 2.30. The zero-order valence-electron chi connectivity index (χ0n) is 14.7. The molecule has 1 fully saturated rings. The van der Waals surface area contributed by atoms with Crippen molar-refractivity contribution in [3.8, 4) is 5.75 Å². The van der Waals surface area contributed by atoms with Gasteiger partial charge >= 0.3 is 6.03 Å². The lowest BCUT2D eigenvalue weighted by Gasteiger charge is -2.15. The highest BCUT2D eigenvalue weighted by atomic mass is 16.5. The molecule has 0 aromatic heterocycles. The van der Waals surface area contributed by atoms with E-state index in [9.17, 15) is 14.4 Å². The maximum Gasteiger partial charge on any atom is 0.324 e. The lowest BCUT2D eigenvalue weighted by atomic mass is 10.1. The van der Waals surface area contributed by atoms with E-state index in [1.807, 2.05) is 31.2 Å². The predicted octanol–water partition coefficient (Wildman–Crippen LogP) is 1.46. The highest BCUT2D eigenvalue weighted by Crippen LogP contribution is 2.13. The Balaban J connectivity index is 1.64. The Hall–Kier alpha value is -2.57. The van der Waals surface area contributed by atoms with E-state index in [0.29, 0.717) is 12.8 Å². The minimum Gasteiger partial charge on any atom is -0.497 e. The number of aryl methyl sites for hydroxylation is 1. The Morgan fingerprint density at radius 1 is 1.32 bits per heavy atom. The van der Waals surface area contributed by atoms with Crippen LogP contribution in [0.15, 0.2) is 24.3 Å². The summed E-state index contributed by atoms with van der Waals surface area (Å²) in [6.07, 6.45) is 2.47. The number of imide groups is 1. The summed E-state index contributed by atoms with van der Waals surface area (Å²) < 4.78 is 5.13. The fourth-order valence-electron chi connectivity index (χ4n) is 2.67. The first-order valence-electron chi connectivity index (χ1n) is 8.50. The topological polar surface area (TPSA) is 87.7 Å². The molecule has 7 heteroatoms. The second-order valence-corrected chi connectivity index (χ2v) is 6.16. The maximum absolute atomic E-state index is 12.0. The van der Waals surface area contributed by atoms with Gasteiger partial charge in [-0.1, -0.05) is 12.1 Å². The molecule has 1 heterocycles. The lowest BCUT2D eigenvalue weighted by molar-refractivity contribution is -0.126. The Labute approximate surface area is 147 Å². The van der Waals surface area contributed by atoms with E-state index in [2.05, 4.69) is 10.6 Å². The first kappa shape index (κ1) is 18.8. The van der Waals surface area contributed by atoms with Crippen molar-refractivity contribution < 1.29 is 19.1 Å². The molecule has 0 bridgehead atoms. The van der Waals surface area contributed by atoms with Gasteiger partial charge in [-0.3, -0.25) is 14.5 Å². The third-order valence-corrected chi connectivity index (χ3v) is 4.16. The van der Waals surface area contributed by atoms with Gasteiger partial charge < -0.3 is 15.4 Å². The number of benzene rings is 1. The van der Waals surface area contributed by atoms with Gasteiger partial charge in [-0.2, -0.15) is 0 Å². The first-order valence-corrected chi connectivity index (χ1v) is 8.50. The molecule has 2 rings (SSSR count). The standard InChI is InChI=1S/C18H25N3O4/c1-13(5-6-14-7-9-15(25-2)10-8-14)20-16(22)4-3-11-21-17(23)12-19-18(21)24/h7-10,13H,3-6,11-12H2,1-2H3,(H,19,24)(H,20,22). The van der Waals surface area contributed by atoms with Crippen molar-refractivity contribution in [2.45, 2.75) is 38.6 Å². The average Bonchev–Trinajstić information content (AvgIpc) is 2.92. The number of hydrogen-bond donors (Lipinski definition) is 2. The number of amides is 4. The van der Waals surface area contributed by atoms with E-state index in [1.54, 1.807) is 7.11 Å². The highest BCUT2D eigenvalue weighted by molar-refractivity contribution is 6.01. The van der Waals surface area contributed by atoms with E-state index in [1.165, 1.54) is 5.56 Å². The van der Waals surface area contributed by atoms with Gasteiger partial charge in [-0.05, 0) is 43.9 Å². The Kier molecular flexibility index (Phi) is 6.80. The minimum atomic E-state index is -0.377. The average molecular weight is 347 g/mol.